The van der Waals surface area contributed by atoms with Gasteiger partial charge in [0.15, 0.2) is 0 Å². The molecule has 0 aromatic heterocycles. The zero-order valence-corrected chi connectivity index (χ0v) is 9.24. The summed E-state index contributed by atoms with van der Waals surface area (Å²) in [5.74, 6) is 0.376. The first kappa shape index (κ1) is 10.7. The summed E-state index contributed by atoms with van der Waals surface area (Å²) < 4.78 is 0. The minimum atomic E-state index is -0.307. The van der Waals surface area contributed by atoms with Crippen molar-refractivity contribution in [2.75, 3.05) is 13.1 Å². The summed E-state index contributed by atoms with van der Waals surface area (Å²) in [7, 11) is 0. The van der Waals surface area contributed by atoms with Gasteiger partial charge in [-0.15, -0.1) is 0 Å². The van der Waals surface area contributed by atoms with Gasteiger partial charge in [0.1, 0.15) is 0 Å². The van der Waals surface area contributed by atoms with Gasteiger partial charge in [-0.2, -0.15) is 0 Å². The smallest absolute Gasteiger partial charge is 0.0830 e. The zero-order valence-electron chi connectivity index (χ0n) is 9.24. The van der Waals surface area contributed by atoms with E-state index in [2.05, 4.69) is 24.4 Å². The molecule has 1 fully saturated rings. The Bertz CT molecular complexity index is 301. The van der Waals surface area contributed by atoms with E-state index in [1.165, 1.54) is 12.0 Å². The molecule has 0 radical (unpaired) electrons. The zero-order chi connectivity index (χ0) is 10.7. The van der Waals surface area contributed by atoms with Crippen molar-refractivity contribution >= 4 is 0 Å². The van der Waals surface area contributed by atoms with Crippen LogP contribution in [0.25, 0.3) is 0 Å². The second kappa shape index (κ2) is 4.77. The predicted octanol–water partition coefficient (Wildman–Crippen LogP) is 2.03. The van der Waals surface area contributed by atoms with Gasteiger partial charge in [0.25, 0.3) is 0 Å². The van der Waals surface area contributed by atoms with E-state index in [4.69, 9.17) is 0 Å². The van der Waals surface area contributed by atoms with Gasteiger partial charge in [-0.1, -0.05) is 29.8 Å². The average molecular weight is 205 g/mol. The highest BCUT2D eigenvalue weighted by Crippen LogP contribution is 2.26. The van der Waals surface area contributed by atoms with Gasteiger partial charge < -0.3 is 10.4 Å². The molecule has 1 aromatic rings. The number of hydrogen-bond acceptors (Lipinski definition) is 2. The lowest BCUT2D eigenvalue weighted by molar-refractivity contribution is 0.0922. The topological polar surface area (TPSA) is 32.3 Å². The Morgan fingerprint density at radius 3 is 2.67 bits per heavy atom. The Morgan fingerprint density at radius 2 is 2.07 bits per heavy atom. The van der Waals surface area contributed by atoms with Crippen LogP contribution in [0.2, 0.25) is 0 Å². The summed E-state index contributed by atoms with van der Waals surface area (Å²) in [4.78, 5) is 0. The van der Waals surface area contributed by atoms with Crippen molar-refractivity contribution in [3.05, 3.63) is 35.4 Å². The largest absolute Gasteiger partial charge is 0.388 e. The Balaban J connectivity index is 2.05. The Labute approximate surface area is 91.3 Å². The first-order chi connectivity index (χ1) is 7.27. The van der Waals surface area contributed by atoms with E-state index < -0.39 is 0 Å². The summed E-state index contributed by atoms with van der Waals surface area (Å²) in [6.07, 6.45) is 1.99. The molecule has 2 nitrogen and oxygen atoms in total. The molecule has 15 heavy (non-hydrogen) atoms. The molecule has 1 aliphatic heterocycles. The molecular weight excluding hydrogens is 186 g/mol. The molecule has 2 rings (SSSR count). The van der Waals surface area contributed by atoms with Crippen LogP contribution >= 0.6 is 0 Å². The third-order valence-electron chi connectivity index (χ3n) is 3.20. The molecule has 2 heteroatoms. The fraction of sp³-hybridized carbons (Fsp3) is 0.538. The highest BCUT2D eigenvalue weighted by atomic mass is 16.3. The normalized spacial score (nSPS) is 23.7. The van der Waals surface area contributed by atoms with Crippen LogP contribution in [0.3, 0.4) is 0 Å². The van der Waals surface area contributed by atoms with E-state index >= 15 is 0 Å². The van der Waals surface area contributed by atoms with E-state index in [1.807, 2.05) is 12.1 Å². The number of aryl methyl sites for hydroxylation is 1. The summed E-state index contributed by atoms with van der Waals surface area (Å²) >= 11 is 0. The minimum absolute atomic E-state index is 0.307. The van der Waals surface area contributed by atoms with Crippen molar-refractivity contribution in [2.24, 2.45) is 5.92 Å². The fourth-order valence-corrected chi connectivity index (χ4v) is 2.18. The molecule has 1 aromatic carbocycles. The predicted molar refractivity (Wildman–Crippen MR) is 61.7 cm³/mol. The summed E-state index contributed by atoms with van der Waals surface area (Å²) in [6.45, 7) is 4.10. The summed E-state index contributed by atoms with van der Waals surface area (Å²) in [6, 6.07) is 8.20. The monoisotopic (exact) mass is 205 g/mol. The molecule has 1 heterocycles. The van der Waals surface area contributed by atoms with Gasteiger partial charge in [-0.25, -0.2) is 0 Å². The molecule has 1 saturated heterocycles. The van der Waals surface area contributed by atoms with Gasteiger partial charge in [0.05, 0.1) is 6.10 Å². The van der Waals surface area contributed by atoms with Crippen molar-refractivity contribution in [1.29, 1.82) is 0 Å². The molecule has 0 spiro atoms. The van der Waals surface area contributed by atoms with Gasteiger partial charge in [0.2, 0.25) is 0 Å². The fourth-order valence-electron chi connectivity index (χ4n) is 2.18. The standard InChI is InChI=1S/C13H19NO/c1-10-4-6-11(7-5-10)13(15)12-3-2-8-14-9-12/h4-7,12-15H,2-3,8-9H2,1H3. The quantitative estimate of drug-likeness (QED) is 0.774. The van der Waals surface area contributed by atoms with E-state index in [1.54, 1.807) is 0 Å². The van der Waals surface area contributed by atoms with Crippen LogP contribution in [0.15, 0.2) is 24.3 Å². The van der Waals surface area contributed by atoms with Crippen molar-refractivity contribution in [1.82, 2.24) is 5.32 Å². The molecular formula is C13H19NO. The van der Waals surface area contributed by atoms with Crippen LogP contribution in [0.5, 0.6) is 0 Å². The van der Waals surface area contributed by atoms with E-state index in [0.717, 1.165) is 25.1 Å². The molecule has 0 aliphatic carbocycles. The number of aliphatic hydroxyl groups excluding tert-OH is 1. The number of benzene rings is 1. The number of piperidine rings is 1. The van der Waals surface area contributed by atoms with Crippen molar-refractivity contribution < 1.29 is 5.11 Å². The van der Waals surface area contributed by atoms with Gasteiger partial charge in [-0.05, 0) is 31.9 Å². The maximum atomic E-state index is 10.2. The maximum absolute atomic E-state index is 10.2. The number of hydrogen-bond donors (Lipinski definition) is 2. The Morgan fingerprint density at radius 1 is 1.33 bits per heavy atom. The lowest BCUT2D eigenvalue weighted by atomic mass is 9.89. The van der Waals surface area contributed by atoms with E-state index in [0.29, 0.717) is 5.92 Å². The minimum Gasteiger partial charge on any atom is -0.388 e. The average Bonchev–Trinajstić information content (AvgIpc) is 2.30. The molecule has 1 aliphatic rings. The van der Waals surface area contributed by atoms with Gasteiger partial charge in [-0.3, -0.25) is 0 Å². The van der Waals surface area contributed by atoms with Crippen LogP contribution < -0.4 is 5.32 Å². The van der Waals surface area contributed by atoms with Gasteiger partial charge in [0, 0.05) is 12.5 Å². The van der Waals surface area contributed by atoms with Crippen LogP contribution in [0, 0.1) is 12.8 Å². The van der Waals surface area contributed by atoms with Crippen LogP contribution in [0.1, 0.15) is 30.1 Å². The lowest BCUT2D eigenvalue weighted by Gasteiger charge is -2.27. The molecule has 2 atom stereocenters. The van der Waals surface area contributed by atoms with Crippen LogP contribution in [-0.4, -0.2) is 18.2 Å². The SMILES string of the molecule is Cc1ccc(C(O)C2CCCNC2)cc1. The van der Waals surface area contributed by atoms with Crippen molar-refractivity contribution in [3.8, 4) is 0 Å². The highest BCUT2D eigenvalue weighted by Gasteiger charge is 2.22. The van der Waals surface area contributed by atoms with E-state index in [9.17, 15) is 5.11 Å². The number of nitrogens with one attached hydrogen (secondary N) is 1. The van der Waals surface area contributed by atoms with Crippen molar-refractivity contribution in [3.63, 3.8) is 0 Å². The highest BCUT2D eigenvalue weighted by molar-refractivity contribution is 5.23. The molecule has 0 amide bonds. The second-order valence-corrected chi connectivity index (χ2v) is 4.46. The molecule has 2 unspecified atom stereocenters. The number of rotatable bonds is 2. The Hall–Kier alpha value is -0.860. The van der Waals surface area contributed by atoms with Crippen LogP contribution in [-0.2, 0) is 0 Å². The number of aliphatic hydroxyl groups is 1. The van der Waals surface area contributed by atoms with Crippen LogP contribution in [0.4, 0.5) is 0 Å². The molecule has 82 valence electrons. The second-order valence-electron chi connectivity index (χ2n) is 4.46. The summed E-state index contributed by atoms with van der Waals surface area (Å²) in [5.41, 5.74) is 2.29. The molecule has 0 saturated carbocycles. The summed E-state index contributed by atoms with van der Waals surface area (Å²) in [5, 5.41) is 13.5. The third-order valence-corrected chi connectivity index (χ3v) is 3.20. The van der Waals surface area contributed by atoms with Gasteiger partial charge >= 0.3 is 0 Å². The maximum Gasteiger partial charge on any atom is 0.0830 e. The van der Waals surface area contributed by atoms with E-state index in [-0.39, 0.29) is 6.10 Å². The molecule has 2 N–H and O–H groups in total. The first-order valence-electron chi connectivity index (χ1n) is 5.73. The Kier molecular flexibility index (Phi) is 3.39. The third kappa shape index (κ3) is 2.58. The molecule has 0 bridgehead atoms. The van der Waals surface area contributed by atoms with Crippen molar-refractivity contribution in [2.45, 2.75) is 25.9 Å². The first-order valence-corrected chi connectivity index (χ1v) is 5.73. The lowest BCUT2D eigenvalue weighted by Crippen LogP contribution is -2.33.